The topological polar surface area (TPSA) is 92.9 Å². The van der Waals surface area contributed by atoms with Crippen LogP contribution in [0.25, 0.3) is 5.69 Å². The highest BCUT2D eigenvalue weighted by atomic mass is 16.3. The molecule has 0 bridgehead atoms. The normalized spacial score (nSPS) is 11.9. The molecule has 7 heteroatoms. The van der Waals surface area contributed by atoms with Crippen LogP contribution in [-0.2, 0) is 11.2 Å². The second-order valence-corrected chi connectivity index (χ2v) is 5.42. The van der Waals surface area contributed by atoms with E-state index in [0.717, 1.165) is 11.3 Å². The third-order valence-electron chi connectivity index (χ3n) is 3.53. The maximum atomic E-state index is 12.2. The molecule has 0 fully saturated rings. The molecule has 0 aliphatic carbocycles. The van der Waals surface area contributed by atoms with Crippen molar-refractivity contribution in [3.8, 4) is 11.4 Å². The van der Waals surface area contributed by atoms with Gasteiger partial charge < -0.3 is 10.4 Å². The molecule has 0 saturated carbocycles. The van der Waals surface area contributed by atoms with Gasteiger partial charge in [-0.1, -0.05) is 30.3 Å². The summed E-state index contributed by atoms with van der Waals surface area (Å²) in [6.07, 6.45) is 0.172. The molecule has 0 aliphatic rings. The van der Waals surface area contributed by atoms with E-state index in [2.05, 4.69) is 20.8 Å². The molecule has 2 aromatic carbocycles. The van der Waals surface area contributed by atoms with Crippen molar-refractivity contribution < 1.29 is 9.90 Å². The van der Waals surface area contributed by atoms with Crippen LogP contribution in [0.15, 0.2) is 54.6 Å². The van der Waals surface area contributed by atoms with Crippen LogP contribution in [-0.4, -0.2) is 31.2 Å². The van der Waals surface area contributed by atoms with Crippen LogP contribution >= 0.6 is 0 Å². The van der Waals surface area contributed by atoms with Crippen LogP contribution in [0.2, 0.25) is 0 Å². The summed E-state index contributed by atoms with van der Waals surface area (Å²) in [7, 11) is 0. The molecule has 3 rings (SSSR count). The first-order valence-corrected chi connectivity index (χ1v) is 7.54. The molecule has 7 nitrogen and oxygen atoms in total. The van der Waals surface area contributed by atoms with E-state index in [9.17, 15) is 9.90 Å². The number of aromatic hydroxyl groups is 1. The van der Waals surface area contributed by atoms with Gasteiger partial charge in [0.25, 0.3) is 0 Å². The fourth-order valence-electron chi connectivity index (χ4n) is 2.43. The number of para-hydroxylation sites is 1. The molecule has 122 valence electrons. The molecule has 1 aromatic heterocycles. The van der Waals surface area contributed by atoms with Crippen LogP contribution in [0.3, 0.4) is 0 Å². The Balaban J connectivity index is 1.70. The van der Waals surface area contributed by atoms with Gasteiger partial charge in [0.1, 0.15) is 5.75 Å². The van der Waals surface area contributed by atoms with Crippen molar-refractivity contribution >= 4 is 5.91 Å². The summed E-state index contributed by atoms with van der Waals surface area (Å²) in [4.78, 5) is 12.2. The average molecular weight is 323 g/mol. The summed E-state index contributed by atoms with van der Waals surface area (Å²) >= 11 is 0. The van der Waals surface area contributed by atoms with Crippen LogP contribution in [0.1, 0.15) is 24.4 Å². The van der Waals surface area contributed by atoms with Crippen LogP contribution in [0.4, 0.5) is 0 Å². The van der Waals surface area contributed by atoms with E-state index in [1.54, 1.807) is 28.9 Å². The van der Waals surface area contributed by atoms with Gasteiger partial charge in [-0.2, -0.15) is 4.68 Å². The lowest BCUT2D eigenvalue weighted by atomic mass is 10.1. The van der Waals surface area contributed by atoms with Crippen molar-refractivity contribution in [2.75, 3.05) is 0 Å². The molecule has 0 aliphatic heterocycles. The Hall–Kier alpha value is -3.22. The van der Waals surface area contributed by atoms with Crippen LogP contribution in [0, 0.1) is 0 Å². The molecule has 0 saturated heterocycles. The number of carbonyl (C=O) groups is 1. The fraction of sp³-hybridized carbons (Fsp3) is 0.176. The summed E-state index contributed by atoms with van der Waals surface area (Å²) in [5.74, 6) is 0.516. The van der Waals surface area contributed by atoms with Crippen molar-refractivity contribution in [2.24, 2.45) is 0 Å². The van der Waals surface area contributed by atoms with Crippen molar-refractivity contribution in [3.05, 3.63) is 66.0 Å². The van der Waals surface area contributed by atoms with E-state index in [-0.39, 0.29) is 24.1 Å². The number of phenols is 1. The van der Waals surface area contributed by atoms with Crippen molar-refractivity contribution in [1.82, 2.24) is 25.5 Å². The maximum absolute atomic E-state index is 12.2. The predicted octanol–water partition coefficient (Wildman–Crippen LogP) is 1.79. The predicted molar refractivity (Wildman–Crippen MR) is 87.5 cm³/mol. The van der Waals surface area contributed by atoms with Gasteiger partial charge in [0.2, 0.25) is 5.91 Å². The van der Waals surface area contributed by atoms with E-state index in [1.807, 2.05) is 37.3 Å². The summed E-state index contributed by atoms with van der Waals surface area (Å²) in [6.45, 7) is 1.82. The highest BCUT2D eigenvalue weighted by Crippen LogP contribution is 2.15. The van der Waals surface area contributed by atoms with E-state index >= 15 is 0 Å². The summed E-state index contributed by atoms with van der Waals surface area (Å²) < 4.78 is 1.60. The highest BCUT2D eigenvalue weighted by molar-refractivity contribution is 5.79. The minimum Gasteiger partial charge on any atom is -0.508 e. The lowest BCUT2D eigenvalue weighted by molar-refractivity contribution is -0.121. The molecule has 0 radical (unpaired) electrons. The average Bonchev–Trinajstić information content (AvgIpc) is 3.05. The molecular formula is C17H17N5O2. The standard InChI is InChI=1S/C17H17N5O2/c1-12(18-16(24)11-13-6-5-9-15(23)10-13)17-19-20-21-22(17)14-7-3-2-4-8-14/h2-10,12,23H,11H2,1H3,(H,18,24)/t12-/m0/s1. The van der Waals surface area contributed by atoms with Crippen LogP contribution < -0.4 is 5.32 Å². The Labute approximate surface area is 138 Å². The molecule has 1 heterocycles. The molecule has 2 N–H and O–H groups in total. The number of phenolic OH excluding ortho intramolecular Hbond substituents is 1. The number of amides is 1. The monoisotopic (exact) mass is 323 g/mol. The molecule has 24 heavy (non-hydrogen) atoms. The second kappa shape index (κ2) is 6.91. The first-order valence-electron chi connectivity index (χ1n) is 7.54. The van der Waals surface area contributed by atoms with Gasteiger partial charge in [-0.15, -0.1) is 5.10 Å². The van der Waals surface area contributed by atoms with E-state index in [0.29, 0.717) is 5.82 Å². The number of aromatic nitrogens is 4. The Bertz CT molecular complexity index is 832. The lowest BCUT2D eigenvalue weighted by Crippen LogP contribution is -2.30. The third kappa shape index (κ3) is 3.57. The summed E-state index contributed by atoms with van der Waals surface area (Å²) in [5.41, 5.74) is 1.56. The largest absolute Gasteiger partial charge is 0.508 e. The third-order valence-corrected chi connectivity index (χ3v) is 3.53. The SMILES string of the molecule is C[C@H](NC(=O)Cc1cccc(O)c1)c1nnnn1-c1ccccc1. The lowest BCUT2D eigenvalue weighted by Gasteiger charge is -2.13. The van der Waals surface area contributed by atoms with Gasteiger partial charge in [-0.05, 0) is 47.2 Å². The highest BCUT2D eigenvalue weighted by Gasteiger charge is 2.18. The van der Waals surface area contributed by atoms with Crippen molar-refractivity contribution in [1.29, 1.82) is 0 Å². The first kappa shape index (κ1) is 15.7. The van der Waals surface area contributed by atoms with Crippen LogP contribution in [0.5, 0.6) is 5.75 Å². The Kier molecular flexibility index (Phi) is 4.51. The van der Waals surface area contributed by atoms with E-state index in [4.69, 9.17) is 0 Å². The maximum Gasteiger partial charge on any atom is 0.225 e. The van der Waals surface area contributed by atoms with Gasteiger partial charge in [0, 0.05) is 0 Å². The quantitative estimate of drug-likeness (QED) is 0.746. The van der Waals surface area contributed by atoms with Crippen molar-refractivity contribution in [2.45, 2.75) is 19.4 Å². The first-order chi connectivity index (χ1) is 11.6. The molecule has 3 aromatic rings. The number of benzene rings is 2. The zero-order chi connectivity index (χ0) is 16.9. The molecule has 0 unspecified atom stereocenters. The summed E-state index contributed by atoms with van der Waals surface area (Å²) in [6, 6.07) is 15.8. The Morgan fingerprint density at radius 1 is 1.21 bits per heavy atom. The smallest absolute Gasteiger partial charge is 0.225 e. The Morgan fingerprint density at radius 3 is 2.75 bits per heavy atom. The van der Waals surface area contributed by atoms with E-state index in [1.165, 1.54) is 0 Å². The number of tetrazole rings is 1. The summed E-state index contributed by atoms with van der Waals surface area (Å²) in [5, 5.41) is 24.0. The number of rotatable bonds is 5. The fourth-order valence-corrected chi connectivity index (χ4v) is 2.43. The minimum atomic E-state index is -0.356. The number of carbonyl (C=O) groups excluding carboxylic acids is 1. The Morgan fingerprint density at radius 2 is 2.00 bits per heavy atom. The zero-order valence-corrected chi connectivity index (χ0v) is 13.1. The number of hydrogen-bond donors (Lipinski definition) is 2. The number of hydrogen-bond acceptors (Lipinski definition) is 5. The second-order valence-electron chi connectivity index (χ2n) is 5.42. The van der Waals surface area contributed by atoms with Gasteiger partial charge >= 0.3 is 0 Å². The minimum absolute atomic E-state index is 0.140. The van der Waals surface area contributed by atoms with Crippen molar-refractivity contribution in [3.63, 3.8) is 0 Å². The number of nitrogens with one attached hydrogen (secondary N) is 1. The van der Waals surface area contributed by atoms with E-state index < -0.39 is 0 Å². The zero-order valence-electron chi connectivity index (χ0n) is 13.1. The van der Waals surface area contributed by atoms with Gasteiger partial charge in [0.15, 0.2) is 5.82 Å². The van der Waals surface area contributed by atoms with Gasteiger partial charge in [-0.25, -0.2) is 0 Å². The molecule has 1 amide bonds. The number of nitrogens with zero attached hydrogens (tertiary/aromatic N) is 4. The van der Waals surface area contributed by atoms with Gasteiger partial charge in [0.05, 0.1) is 18.2 Å². The van der Waals surface area contributed by atoms with Gasteiger partial charge in [-0.3, -0.25) is 4.79 Å². The molecular weight excluding hydrogens is 306 g/mol. The molecule has 1 atom stereocenters. The molecule has 0 spiro atoms.